The van der Waals surface area contributed by atoms with Gasteiger partial charge in [0.05, 0.1) is 0 Å². The van der Waals surface area contributed by atoms with Crippen molar-refractivity contribution in [3.8, 4) is 0 Å². The summed E-state index contributed by atoms with van der Waals surface area (Å²) in [6.07, 6.45) is 0. The molecule has 0 aliphatic rings. The van der Waals surface area contributed by atoms with Gasteiger partial charge in [-0.25, -0.2) is 0 Å². The molecule has 0 aliphatic carbocycles. The molecule has 2 aromatic rings. The summed E-state index contributed by atoms with van der Waals surface area (Å²) >= 11 is 0. The Kier molecular flexibility index (Phi) is 6.16. The zero-order valence-electron chi connectivity index (χ0n) is 13.3. The smallest absolute Gasteiger partial charge is 0.222 e. The second-order valence-electron chi connectivity index (χ2n) is 5.78. The molecule has 0 bridgehead atoms. The van der Waals surface area contributed by atoms with Crippen molar-refractivity contribution in [2.24, 2.45) is 5.92 Å². The van der Waals surface area contributed by atoms with Gasteiger partial charge in [-0.2, -0.15) is 0 Å². The Morgan fingerprint density at radius 3 is 1.86 bits per heavy atom. The van der Waals surface area contributed by atoms with Crippen LogP contribution in [0, 0.1) is 5.92 Å². The number of amides is 1. The van der Waals surface area contributed by atoms with Gasteiger partial charge >= 0.3 is 0 Å². The first kappa shape index (κ1) is 16.2. The Labute approximate surface area is 132 Å². The summed E-state index contributed by atoms with van der Waals surface area (Å²) in [6.45, 7) is 6.10. The standard InChI is InChI=1S/C19H24N2O/c1-15(2)19(22)21-14-18-10-8-17(9-11-18)13-20-12-16-6-4-3-5-7-16/h3-11,15,20H,12-14H2,1-2H3,(H,21,22). The van der Waals surface area contributed by atoms with Crippen molar-refractivity contribution in [3.63, 3.8) is 0 Å². The topological polar surface area (TPSA) is 41.1 Å². The van der Waals surface area contributed by atoms with E-state index in [4.69, 9.17) is 0 Å². The van der Waals surface area contributed by atoms with E-state index in [0.717, 1.165) is 18.7 Å². The van der Waals surface area contributed by atoms with Gasteiger partial charge in [-0.3, -0.25) is 4.79 Å². The molecule has 2 aromatic carbocycles. The summed E-state index contributed by atoms with van der Waals surface area (Å²) in [7, 11) is 0. The van der Waals surface area contributed by atoms with Crippen LogP contribution in [0.15, 0.2) is 54.6 Å². The third-order valence-corrected chi connectivity index (χ3v) is 3.52. The lowest BCUT2D eigenvalue weighted by molar-refractivity contribution is -0.124. The first-order valence-corrected chi connectivity index (χ1v) is 7.75. The molecule has 0 fully saturated rings. The predicted octanol–water partition coefficient (Wildman–Crippen LogP) is 3.25. The maximum Gasteiger partial charge on any atom is 0.222 e. The van der Waals surface area contributed by atoms with E-state index in [1.165, 1.54) is 11.1 Å². The minimum absolute atomic E-state index is 0.0291. The fraction of sp³-hybridized carbons (Fsp3) is 0.316. The molecule has 3 heteroatoms. The van der Waals surface area contributed by atoms with Gasteiger partial charge < -0.3 is 10.6 Å². The molecule has 0 aliphatic heterocycles. The van der Waals surface area contributed by atoms with Crippen LogP contribution in [0.2, 0.25) is 0 Å². The van der Waals surface area contributed by atoms with Gasteiger partial charge in [0.15, 0.2) is 0 Å². The predicted molar refractivity (Wildman–Crippen MR) is 90.1 cm³/mol. The Balaban J connectivity index is 1.76. The summed E-state index contributed by atoms with van der Waals surface area (Å²) in [5.41, 5.74) is 3.66. The molecular formula is C19H24N2O. The molecule has 0 spiro atoms. The van der Waals surface area contributed by atoms with Crippen LogP contribution in [0.25, 0.3) is 0 Å². The fourth-order valence-electron chi connectivity index (χ4n) is 2.12. The second kappa shape index (κ2) is 8.35. The molecule has 0 atom stereocenters. The van der Waals surface area contributed by atoms with Gasteiger partial charge in [-0.15, -0.1) is 0 Å². The maximum atomic E-state index is 11.5. The van der Waals surface area contributed by atoms with Gasteiger partial charge in [0.2, 0.25) is 5.91 Å². The molecule has 0 saturated carbocycles. The molecular weight excluding hydrogens is 272 g/mol. The number of carbonyl (C=O) groups excluding carboxylic acids is 1. The molecule has 2 N–H and O–H groups in total. The quantitative estimate of drug-likeness (QED) is 0.823. The average Bonchev–Trinajstić information content (AvgIpc) is 2.54. The zero-order valence-corrected chi connectivity index (χ0v) is 13.3. The molecule has 2 rings (SSSR count). The van der Waals surface area contributed by atoms with E-state index in [2.05, 4.69) is 59.2 Å². The van der Waals surface area contributed by atoms with Crippen molar-refractivity contribution in [2.75, 3.05) is 0 Å². The number of hydrogen-bond acceptors (Lipinski definition) is 2. The van der Waals surface area contributed by atoms with E-state index < -0.39 is 0 Å². The Morgan fingerprint density at radius 1 is 0.818 bits per heavy atom. The number of rotatable bonds is 7. The monoisotopic (exact) mass is 296 g/mol. The molecule has 0 aromatic heterocycles. The van der Waals surface area contributed by atoms with Crippen molar-refractivity contribution < 1.29 is 4.79 Å². The van der Waals surface area contributed by atoms with Crippen LogP contribution >= 0.6 is 0 Å². The lowest BCUT2D eigenvalue weighted by Crippen LogP contribution is -2.27. The van der Waals surface area contributed by atoms with Crippen molar-refractivity contribution in [2.45, 2.75) is 33.5 Å². The van der Waals surface area contributed by atoms with Crippen molar-refractivity contribution in [1.82, 2.24) is 10.6 Å². The van der Waals surface area contributed by atoms with Gasteiger partial charge in [-0.05, 0) is 16.7 Å². The fourth-order valence-corrected chi connectivity index (χ4v) is 2.12. The van der Waals surface area contributed by atoms with Crippen molar-refractivity contribution in [1.29, 1.82) is 0 Å². The van der Waals surface area contributed by atoms with Crippen molar-refractivity contribution >= 4 is 5.91 Å². The van der Waals surface area contributed by atoms with E-state index >= 15 is 0 Å². The van der Waals surface area contributed by atoms with E-state index in [1.54, 1.807) is 0 Å². The Bertz CT molecular complexity index is 576. The summed E-state index contributed by atoms with van der Waals surface area (Å²) in [6, 6.07) is 18.7. The maximum absolute atomic E-state index is 11.5. The largest absolute Gasteiger partial charge is 0.352 e. The normalized spacial score (nSPS) is 10.7. The molecule has 3 nitrogen and oxygen atoms in total. The molecule has 0 unspecified atom stereocenters. The molecule has 0 heterocycles. The third kappa shape index (κ3) is 5.34. The highest BCUT2D eigenvalue weighted by Crippen LogP contribution is 2.05. The first-order chi connectivity index (χ1) is 10.6. The van der Waals surface area contributed by atoms with Gasteiger partial charge in [0.1, 0.15) is 0 Å². The molecule has 22 heavy (non-hydrogen) atoms. The molecule has 116 valence electrons. The number of carbonyl (C=O) groups is 1. The van der Waals surface area contributed by atoms with E-state index in [-0.39, 0.29) is 11.8 Å². The Morgan fingerprint density at radius 2 is 1.32 bits per heavy atom. The summed E-state index contributed by atoms with van der Waals surface area (Å²) in [5, 5.41) is 6.36. The second-order valence-corrected chi connectivity index (χ2v) is 5.78. The minimum atomic E-state index is 0.0291. The summed E-state index contributed by atoms with van der Waals surface area (Å²) < 4.78 is 0. The van der Waals surface area contributed by atoms with Crippen molar-refractivity contribution in [3.05, 3.63) is 71.3 Å². The van der Waals surface area contributed by atoms with Gasteiger partial charge in [-0.1, -0.05) is 68.4 Å². The molecule has 0 saturated heterocycles. The van der Waals surface area contributed by atoms with Crippen LogP contribution in [-0.4, -0.2) is 5.91 Å². The lowest BCUT2D eigenvalue weighted by atomic mass is 10.1. The summed E-state index contributed by atoms with van der Waals surface area (Å²) in [4.78, 5) is 11.5. The number of nitrogens with one attached hydrogen (secondary N) is 2. The van der Waals surface area contributed by atoms with Gasteiger partial charge in [0, 0.05) is 25.6 Å². The van der Waals surface area contributed by atoms with E-state index in [0.29, 0.717) is 6.54 Å². The van der Waals surface area contributed by atoms with Crippen LogP contribution in [0.4, 0.5) is 0 Å². The molecule has 1 amide bonds. The highest BCUT2D eigenvalue weighted by atomic mass is 16.1. The number of benzene rings is 2. The van der Waals surface area contributed by atoms with Crippen LogP contribution in [0.3, 0.4) is 0 Å². The van der Waals surface area contributed by atoms with Crippen LogP contribution < -0.4 is 10.6 Å². The highest BCUT2D eigenvalue weighted by molar-refractivity contribution is 5.77. The average molecular weight is 296 g/mol. The lowest BCUT2D eigenvalue weighted by Gasteiger charge is -2.09. The summed E-state index contributed by atoms with van der Waals surface area (Å²) in [5.74, 6) is 0.120. The van der Waals surface area contributed by atoms with E-state index in [9.17, 15) is 4.79 Å². The third-order valence-electron chi connectivity index (χ3n) is 3.52. The SMILES string of the molecule is CC(C)C(=O)NCc1ccc(CNCc2ccccc2)cc1. The number of hydrogen-bond donors (Lipinski definition) is 2. The minimum Gasteiger partial charge on any atom is -0.352 e. The van der Waals surface area contributed by atoms with Crippen LogP contribution in [0.1, 0.15) is 30.5 Å². The first-order valence-electron chi connectivity index (χ1n) is 7.75. The van der Waals surface area contributed by atoms with Crippen LogP contribution in [-0.2, 0) is 24.4 Å². The zero-order chi connectivity index (χ0) is 15.8. The highest BCUT2D eigenvalue weighted by Gasteiger charge is 2.05. The Hall–Kier alpha value is -2.13. The molecule has 0 radical (unpaired) electrons. The van der Waals surface area contributed by atoms with Gasteiger partial charge in [0.25, 0.3) is 0 Å². The van der Waals surface area contributed by atoms with Crippen LogP contribution in [0.5, 0.6) is 0 Å². The van der Waals surface area contributed by atoms with E-state index in [1.807, 2.05) is 19.9 Å².